The van der Waals surface area contributed by atoms with Crippen LogP contribution in [0, 0.1) is 17.7 Å². The lowest BCUT2D eigenvalue weighted by atomic mass is 10.1. The number of hydrogen-bond acceptors (Lipinski definition) is 2. The van der Waals surface area contributed by atoms with Crippen LogP contribution in [0.4, 0.5) is 22.4 Å². The van der Waals surface area contributed by atoms with Gasteiger partial charge < -0.3 is 10.1 Å². The zero-order chi connectivity index (χ0) is 17.7. The first-order valence-corrected chi connectivity index (χ1v) is 6.81. The van der Waals surface area contributed by atoms with Gasteiger partial charge in [0.25, 0.3) is 0 Å². The van der Waals surface area contributed by atoms with E-state index in [0.717, 1.165) is 6.07 Å². The maximum Gasteiger partial charge on any atom is 0.416 e. The van der Waals surface area contributed by atoms with Gasteiger partial charge in [-0.2, -0.15) is 13.2 Å². The molecule has 1 rings (SSSR count). The van der Waals surface area contributed by atoms with Gasteiger partial charge >= 0.3 is 12.3 Å². The van der Waals surface area contributed by atoms with Crippen molar-refractivity contribution in [3.8, 4) is 11.8 Å². The molecule has 7 heteroatoms. The molecule has 0 heterocycles. The summed E-state index contributed by atoms with van der Waals surface area (Å²) >= 11 is 0. The van der Waals surface area contributed by atoms with E-state index in [2.05, 4.69) is 17.2 Å². The predicted octanol–water partition coefficient (Wildman–Crippen LogP) is 4.11. The molecule has 0 saturated heterocycles. The van der Waals surface area contributed by atoms with Crippen LogP contribution in [0.2, 0.25) is 0 Å². The average molecular weight is 331 g/mol. The van der Waals surface area contributed by atoms with Crippen LogP contribution in [0.1, 0.15) is 38.3 Å². The van der Waals surface area contributed by atoms with Gasteiger partial charge in [-0.25, -0.2) is 9.18 Å². The lowest BCUT2D eigenvalue weighted by Crippen LogP contribution is -2.32. The molecule has 0 aliphatic carbocycles. The fraction of sp³-hybridized carbons (Fsp3) is 0.438. The first kappa shape index (κ1) is 18.8. The van der Waals surface area contributed by atoms with Crippen molar-refractivity contribution >= 4 is 6.09 Å². The van der Waals surface area contributed by atoms with Crippen LogP contribution in [-0.2, 0) is 10.9 Å². The number of benzene rings is 1. The molecular formula is C16H17F4NO2. The molecule has 3 nitrogen and oxygen atoms in total. The molecule has 23 heavy (non-hydrogen) atoms. The minimum Gasteiger partial charge on any atom is -0.444 e. The summed E-state index contributed by atoms with van der Waals surface area (Å²) in [7, 11) is 0. The number of ether oxygens (including phenoxy) is 1. The molecule has 0 unspecified atom stereocenters. The van der Waals surface area contributed by atoms with Crippen LogP contribution in [0.3, 0.4) is 0 Å². The van der Waals surface area contributed by atoms with Gasteiger partial charge in [-0.3, -0.25) is 0 Å². The minimum atomic E-state index is -4.55. The molecule has 0 radical (unpaired) electrons. The van der Waals surface area contributed by atoms with E-state index in [1.165, 1.54) is 0 Å². The van der Waals surface area contributed by atoms with Crippen molar-refractivity contribution in [3.63, 3.8) is 0 Å². The van der Waals surface area contributed by atoms with E-state index in [1.54, 1.807) is 20.8 Å². The molecule has 0 bridgehead atoms. The molecule has 0 aliphatic rings. The van der Waals surface area contributed by atoms with Crippen LogP contribution < -0.4 is 5.32 Å². The highest BCUT2D eigenvalue weighted by atomic mass is 19.4. The molecule has 1 N–H and O–H groups in total. The molecule has 1 amide bonds. The standard InChI is InChI=1S/C16H17F4NO2/c1-15(2,3)23-14(22)21-9-5-4-6-11-10-12(16(18,19)20)7-8-13(11)17/h7-8,10H,5,9H2,1-3H3,(H,21,22). The van der Waals surface area contributed by atoms with E-state index in [-0.39, 0.29) is 18.5 Å². The molecule has 0 fully saturated rings. The van der Waals surface area contributed by atoms with E-state index in [4.69, 9.17) is 4.74 Å². The van der Waals surface area contributed by atoms with Crippen LogP contribution in [0.5, 0.6) is 0 Å². The van der Waals surface area contributed by atoms with Gasteiger partial charge in [0.05, 0.1) is 11.1 Å². The normalized spacial score (nSPS) is 11.4. The maximum atomic E-state index is 13.4. The minimum absolute atomic E-state index is 0.141. The highest BCUT2D eigenvalue weighted by molar-refractivity contribution is 5.67. The van der Waals surface area contributed by atoms with Gasteiger partial charge in [0.1, 0.15) is 11.4 Å². The quantitative estimate of drug-likeness (QED) is 0.503. The van der Waals surface area contributed by atoms with E-state index in [1.807, 2.05) is 0 Å². The molecule has 1 aromatic carbocycles. The topological polar surface area (TPSA) is 38.3 Å². The van der Waals surface area contributed by atoms with Crippen molar-refractivity contribution in [2.45, 2.75) is 39.0 Å². The Morgan fingerprint density at radius 1 is 1.26 bits per heavy atom. The third kappa shape index (κ3) is 7.04. The number of alkyl halides is 3. The Hall–Kier alpha value is -2.23. The molecule has 126 valence electrons. The Labute approximate surface area is 132 Å². The number of carbonyl (C=O) groups excluding carboxylic acids is 1. The molecule has 1 aromatic rings. The Balaban J connectivity index is 2.59. The van der Waals surface area contributed by atoms with Gasteiger partial charge in [-0.15, -0.1) is 0 Å². The monoisotopic (exact) mass is 331 g/mol. The van der Waals surface area contributed by atoms with Crippen LogP contribution in [0.25, 0.3) is 0 Å². The lowest BCUT2D eigenvalue weighted by molar-refractivity contribution is -0.137. The summed E-state index contributed by atoms with van der Waals surface area (Å²) in [5.74, 6) is 4.01. The molecule has 0 saturated carbocycles. The zero-order valence-electron chi connectivity index (χ0n) is 13.0. The van der Waals surface area contributed by atoms with Crippen molar-refractivity contribution < 1.29 is 27.1 Å². The summed E-state index contributed by atoms with van der Waals surface area (Å²) in [6.07, 6.45) is -5.03. The van der Waals surface area contributed by atoms with Gasteiger partial charge in [0, 0.05) is 13.0 Å². The van der Waals surface area contributed by atoms with Crippen LogP contribution in [0.15, 0.2) is 18.2 Å². The zero-order valence-corrected chi connectivity index (χ0v) is 13.0. The highest BCUT2D eigenvalue weighted by Crippen LogP contribution is 2.30. The summed E-state index contributed by atoms with van der Waals surface area (Å²) in [5.41, 5.74) is -1.93. The molecule has 0 atom stereocenters. The van der Waals surface area contributed by atoms with Crippen molar-refractivity contribution in [2.75, 3.05) is 6.54 Å². The smallest absolute Gasteiger partial charge is 0.416 e. The second-order valence-corrected chi connectivity index (χ2v) is 5.67. The Morgan fingerprint density at radius 2 is 1.91 bits per heavy atom. The summed E-state index contributed by atoms with van der Waals surface area (Å²) in [4.78, 5) is 11.3. The summed E-state index contributed by atoms with van der Waals surface area (Å²) < 4.78 is 56.0. The van der Waals surface area contributed by atoms with Crippen molar-refractivity contribution in [2.24, 2.45) is 0 Å². The Morgan fingerprint density at radius 3 is 2.48 bits per heavy atom. The van der Waals surface area contributed by atoms with E-state index in [9.17, 15) is 22.4 Å². The Bertz CT molecular complexity index is 622. The number of rotatable bonds is 2. The van der Waals surface area contributed by atoms with Crippen molar-refractivity contribution in [3.05, 3.63) is 35.1 Å². The summed E-state index contributed by atoms with van der Waals surface area (Å²) in [6, 6.07) is 2.04. The van der Waals surface area contributed by atoms with Gasteiger partial charge in [-0.05, 0) is 39.0 Å². The SMILES string of the molecule is CC(C)(C)OC(=O)NCCC#Cc1cc(C(F)(F)F)ccc1F. The fourth-order valence-electron chi connectivity index (χ4n) is 1.50. The highest BCUT2D eigenvalue weighted by Gasteiger charge is 2.30. The lowest BCUT2D eigenvalue weighted by Gasteiger charge is -2.19. The maximum absolute atomic E-state index is 13.4. The number of nitrogens with one attached hydrogen (secondary N) is 1. The number of hydrogen-bond donors (Lipinski definition) is 1. The van der Waals surface area contributed by atoms with Crippen LogP contribution >= 0.6 is 0 Å². The fourth-order valence-corrected chi connectivity index (χ4v) is 1.50. The number of carbonyl (C=O) groups is 1. The second-order valence-electron chi connectivity index (χ2n) is 5.67. The van der Waals surface area contributed by atoms with Gasteiger partial charge in [-0.1, -0.05) is 11.8 Å². The molecule has 0 aromatic heterocycles. The number of halogens is 4. The molecular weight excluding hydrogens is 314 g/mol. The van der Waals surface area contributed by atoms with Gasteiger partial charge in [0.2, 0.25) is 0 Å². The van der Waals surface area contributed by atoms with E-state index in [0.29, 0.717) is 12.1 Å². The third-order valence-electron chi connectivity index (χ3n) is 2.43. The average Bonchev–Trinajstić information content (AvgIpc) is 2.36. The second kappa shape index (κ2) is 7.36. The first-order chi connectivity index (χ1) is 10.5. The van der Waals surface area contributed by atoms with E-state index >= 15 is 0 Å². The molecule has 0 spiro atoms. The van der Waals surface area contributed by atoms with Crippen LogP contribution in [-0.4, -0.2) is 18.2 Å². The van der Waals surface area contributed by atoms with Gasteiger partial charge in [0.15, 0.2) is 0 Å². The number of amides is 1. The summed E-state index contributed by atoms with van der Waals surface area (Å²) in [6.45, 7) is 5.27. The molecule has 0 aliphatic heterocycles. The predicted molar refractivity (Wildman–Crippen MR) is 77.1 cm³/mol. The first-order valence-electron chi connectivity index (χ1n) is 6.81. The van der Waals surface area contributed by atoms with E-state index < -0.39 is 29.3 Å². The number of alkyl carbamates (subject to hydrolysis) is 1. The van der Waals surface area contributed by atoms with Crippen molar-refractivity contribution in [1.29, 1.82) is 0 Å². The largest absolute Gasteiger partial charge is 0.444 e. The Kier molecular flexibility index (Phi) is 6.02. The van der Waals surface area contributed by atoms with Crippen molar-refractivity contribution in [1.82, 2.24) is 5.32 Å². The third-order valence-corrected chi connectivity index (χ3v) is 2.43. The summed E-state index contributed by atoms with van der Waals surface area (Å²) in [5, 5.41) is 2.44.